The molecule has 206 valence electrons. The van der Waals surface area contributed by atoms with E-state index in [2.05, 4.69) is 47.3 Å². The number of fused-ring (bicyclic) bond motifs is 1. The van der Waals surface area contributed by atoms with Crippen molar-refractivity contribution in [2.24, 2.45) is 0 Å². The molecular weight excluding hydrogens is 484 g/mol. The number of carbonyl (C=O) groups excluding carboxylic acids is 1. The Hall–Kier alpha value is -2.17. The molecule has 1 amide bonds. The Bertz CT molecular complexity index is 1060. The molecule has 0 N–H and O–H groups in total. The fourth-order valence-corrected chi connectivity index (χ4v) is 5.65. The van der Waals surface area contributed by atoms with Gasteiger partial charge >= 0.3 is 6.09 Å². The monoisotopic (exact) mass is 530 g/mol. The molecule has 2 aliphatic heterocycles. The predicted molar refractivity (Wildman–Crippen MR) is 151 cm³/mol. The van der Waals surface area contributed by atoms with Crippen molar-refractivity contribution < 1.29 is 14.3 Å². The Labute approximate surface area is 223 Å². The molecule has 2 saturated heterocycles. The van der Waals surface area contributed by atoms with Crippen LogP contribution in [-0.2, 0) is 16.2 Å². The molecular formula is C27H46N6O3Si. The van der Waals surface area contributed by atoms with E-state index in [1.54, 1.807) is 0 Å². The zero-order valence-corrected chi connectivity index (χ0v) is 24.9. The highest BCUT2D eigenvalue weighted by atomic mass is 28.3. The molecule has 2 aromatic rings. The number of carbonyl (C=O) groups is 1. The van der Waals surface area contributed by atoms with Gasteiger partial charge < -0.3 is 28.7 Å². The molecule has 0 atom stereocenters. The van der Waals surface area contributed by atoms with Crippen LogP contribution in [0.1, 0.15) is 45.1 Å². The van der Waals surface area contributed by atoms with E-state index in [0.717, 1.165) is 68.7 Å². The zero-order valence-electron chi connectivity index (χ0n) is 23.9. The summed E-state index contributed by atoms with van der Waals surface area (Å²) in [5.74, 6) is 1.27. The molecule has 0 aliphatic carbocycles. The molecule has 0 radical (unpaired) electrons. The summed E-state index contributed by atoms with van der Waals surface area (Å²) in [7, 11) is 1.02. The van der Waals surface area contributed by atoms with E-state index in [1.165, 1.54) is 5.56 Å². The van der Waals surface area contributed by atoms with Gasteiger partial charge in [-0.05, 0) is 52.6 Å². The van der Waals surface area contributed by atoms with Crippen LogP contribution in [0.3, 0.4) is 0 Å². The van der Waals surface area contributed by atoms with E-state index in [9.17, 15) is 4.79 Å². The average Bonchev–Trinajstić information content (AvgIpc) is 3.18. The van der Waals surface area contributed by atoms with Crippen molar-refractivity contribution in [1.29, 1.82) is 0 Å². The van der Waals surface area contributed by atoms with Crippen LogP contribution in [0.2, 0.25) is 25.7 Å². The number of rotatable bonds is 7. The lowest BCUT2D eigenvalue weighted by molar-refractivity contribution is 0.0205. The molecule has 0 bridgehead atoms. The first-order valence-corrected chi connectivity index (χ1v) is 17.5. The van der Waals surface area contributed by atoms with Crippen molar-refractivity contribution in [3.8, 4) is 0 Å². The summed E-state index contributed by atoms with van der Waals surface area (Å²) in [4.78, 5) is 29.2. The number of ether oxygens (including phenoxy) is 2. The maximum atomic E-state index is 12.6. The first-order chi connectivity index (χ1) is 17.4. The van der Waals surface area contributed by atoms with Gasteiger partial charge in [0.15, 0.2) is 5.65 Å². The van der Waals surface area contributed by atoms with Crippen molar-refractivity contribution >= 4 is 31.1 Å². The molecule has 0 unspecified atom stereocenters. The number of piperidine rings is 1. The summed E-state index contributed by atoms with van der Waals surface area (Å²) in [5, 5.41) is 0. The lowest BCUT2D eigenvalue weighted by Crippen LogP contribution is -2.44. The van der Waals surface area contributed by atoms with Crippen LogP contribution in [0.4, 0.5) is 10.6 Å². The third kappa shape index (κ3) is 7.45. The quantitative estimate of drug-likeness (QED) is 0.382. The van der Waals surface area contributed by atoms with Gasteiger partial charge in [0.05, 0.1) is 6.20 Å². The molecule has 0 aromatic carbocycles. The number of nitrogens with zero attached hydrogens (tertiary/aromatic N) is 6. The maximum absolute atomic E-state index is 12.6. The molecule has 2 fully saturated rings. The number of likely N-dealkylation sites (tertiary alicyclic amines) is 1. The number of hydrogen-bond donors (Lipinski definition) is 0. The Morgan fingerprint density at radius 2 is 1.76 bits per heavy atom. The molecule has 0 spiro atoms. The van der Waals surface area contributed by atoms with Crippen molar-refractivity contribution in [2.75, 3.05) is 57.8 Å². The molecule has 0 saturated carbocycles. The van der Waals surface area contributed by atoms with Crippen LogP contribution in [0.25, 0.3) is 11.2 Å². The fourth-order valence-electron chi connectivity index (χ4n) is 4.89. The van der Waals surface area contributed by atoms with Gasteiger partial charge in [-0.3, -0.25) is 0 Å². The molecule has 4 rings (SSSR count). The maximum Gasteiger partial charge on any atom is 0.410 e. The number of piperazine rings is 1. The van der Waals surface area contributed by atoms with Gasteiger partial charge in [-0.25, -0.2) is 14.8 Å². The molecule has 9 nitrogen and oxygen atoms in total. The largest absolute Gasteiger partial charge is 0.444 e. The summed E-state index contributed by atoms with van der Waals surface area (Å²) in [6, 6.07) is 1.14. The van der Waals surface area contributed by atoms with E-state index in [0.29, 0.717) is 25.7 Å². The Kier molecular flexibility index (Phi) is 8.50. The normalized spacial score (nSPS) is 18.6. The molecule has 10 heteroatoms. The van der Waals surface area contributed by atoms with E-state index >= 15 is 0 Å². The lowest BCUT2D eigenvalue weighted by Gasteiger charge is -2.33. The fraction of sp³-hybridized carbons (Fsp3) is 0.741. The van der Waals surface area contributed by atoms with Crippen LogP contribution in [0, 0.1) is 0 Å². The first-order valence-electron chi connectivity index (χ1n) is 13.7. The lowest BCUT2D eigenvalue weighted by atomic mass is 9.91. The van der Waals surface area contributed by atoms with Crippen LogP contribution in [0.15, 0.2) is 12.4 Å². The SMILES string of the molecule is CN1CCN(c2cnc3c(n2)c(C2CCN(C(=O)OC(C)(C)C)CC2)cn3COCC[Si](C)(C)C)CC1. The highest BCUT2D eigenvalue weighted by Crippen LogP contribution is 2.34. The smallest absolute Gasteiger partial charge is 0.410 e. The third-order valence-corrected chi connectivity index (χ3v) is 8.93. The summed E-state index contributed by atoms with van der Waals surface area (Å²) in [5.41, 5.74) is 2.60. The van der Waals surface area contributed by atoms with Crippen LogP contribution >= 0.6 is 0 Å². The van der Waals surface area contributed by atoms with Crippen molar-refractivity contribution in [3.05, 3.63) is 18.0 Å². The van der Waals surface area contributed by atoms with Crippen molar-refractivity contribution in [1.82, 2.24) is 24.3 Å². The first kappa shape index (κ1) is 27.9. The third-order valence-electron chi connectivity index (χ3n) is 7.22. The minimum Gasteiger partial charge on any atom is -0.444 e. The van der Waals surface area contributed by atoms with Gasteiger partial charge in [-0.2, -0.15) is 0 Å². The predicted octanol–water partition coefficient (Wildman–Crippen LogP) is 4.61. The van der Waals surface area contributed by atoms with Gasteiger partial charge in [-0.15, -0.1) is 0 Å². The van der Waals surface area contributed by atoms with Crippen LogP contribution < -0.4 is 4.90 Å². The van der Waals surface area contributed by atoms with Gasteiger partial charge in [0.1, 0.15) is 23.7 Å². The summed E-state index contributed by atoms with van der Waals surface area (Å²) in [6.45, 7) is 19.4. The minimum absolute atomic E-state index is 0.221. The summed E-state index contributed by atoms with van der Waals surface area (Å²) >= 11 is 0. The van der Waals surface area contributed by atoms with E-state index in [4.69, 9.17) is 19.4 Å². The van der Waals surface area contributed by atoms with E-state index in [-0.39, 0.29) is 6.09 Å². The topological polar surface area (TPSA) is 76.0 Å². The number of likely N-dealkylation sites (N-methyl/N-ethyl adjacent to an activating group) is 1. The highest BCUT2D eigenvalue weighted by molar-refractivity contribution is 6.76. The molecule has 37 heavy (non-hydrogen) atoms. The molecule has 2 aromatic heterocycles. The number of aromatic nitrogens is 3. The van der Waals surface area contributed by atoms with Gasteiger partial charge in [-0.1, -0.05) is 19.6 Å². The minimum atomic E-state index is -1.15. The zero-order chi connectivity index (χ0) is 26.8. The van der Waals surface area contributed by atoms with Crippen LogP contribution in [-0.4, -0.2) is 97.0 Å². The number of hydrogen-bond acceptors (Lipinski definition) is 7. The van der Waals surface area contributed by atoms with Gasteiger partial charge in [0.2, 0.25) is 0 Å². The second-order valence-corrected chi connectivity index (χ2v) is 18.5. The standard InChI is InChI=1S/C27H46N6O3Si/c1-27(2,3)36-26(34)32-10-8-21(9-11-32)22-19-33(20-35-16-17-37(5,6)7)25-24(22)29-23(18-28-25)31-14-12-30(4)13-15-31/h18-19,21H,8-17,20H2,1-7H3. The Morgan fingerprint density at radius 1 is 1.08 bits per heavy atom. The number of amides is 1. The van der Waals surface area contributed by atoms with Gasteiger partial charge in [0, 0.05) is 65.7 Å². The van der Waals surface area contributed by atoms with Gasteiger partial charge in [0.25, 0.3) is 0 Å². The Morgan fingerprint density at radius 3 is 2.38 bits per heavy atom. The summed E-state index contributed by atoms with van der Waals surface area (Å²) in [6.07, 6.45) is 5.66. The summed E-state index contributed by atoms with van der Waals surface area (Å²) < 4.78 is 13.8. The highest BCUT2D eigenvalue weighted by Gasteiger charge is 2.30. The van der Waals surface area contributed by atoms with E-state index < -0.39 is 13.7 Å². The van der Waals surface area contributed by atoms with E-state index in [1.807, 2.05) is 31.9 Å². The average molecular weight is 531 g/mol. The number of anilines is 1. The second-order valence-electron chi connectivity index (χ2n) is 12.8. The van der Waals surface area contributed by atoms with Crippen molar-refractivity contribution in [2.45, 2.75) is 77.5 Å². The van der Waals surface area contributed by atoms with Crippen LogP contribution in [0.5, 0.6) is 0 Å². The molecule has 2 aliphatic rings. The molecule has 4 heterocycles. The Balaban J connectivity index is 1.53. The second kappa shape index (κ2) is 11.3. The van der Waals surface area contributed by atoms with Crippen molar-refractivity contribution in [3.63, 3.8) is 0 Å².